The molecule has 0 aromatic rings. The molecule has 0 aromatic carbocycles. The Morgan fingerprint density at radius 2 is 1.81 bits per heavy atom. The molecule has 27 heavy (non-hydrogen) atoms. The molecule has 7 atom stereocenters. The molecule has 0 N–H and O–H groups in total. The fourth-order valence-electron chi connectivity index (χ4n) is 7.53. The molecule has 0 bridgehead atoms. The lowest BCUT2D eigenvalue weighted by Crippen LogP contribution is -2.58. The van der Waals surface area contributed by atoms with Gasteiger partial charge in [0.25, 0.3) is 0 Å². The molecule has 0 saturated heterocycles. The summed E-state index contributed by atoms with van der Waals surface area (Å²) < 4.78 is 22.1. The minimum absolute atomic E-state index is 0.00823. The molecule has 0 spiro atoms. The summed E-state index contributed by atoms with van der Waals surface area (Å²) in [6, 6.07) is 0. The predicted octanol–water partition coefficient (Wildman–Crippen LogP) is 5.18. The molecular weight excluding hydrogens is 343 g/mol. The molecule has 3 saturated carbocycles. The summed E-state index contributed by atoms with van der Waals surface area (Å²) in [5.74, 6) is 0.173. The molecule has 4 rings (SSSR count). The van der Waals surface area contributed by atoms with Crippen LogP contribution in [0.15, 0.2) is 11.6 Å². The highest BCUT2D eigenvalue weighted by Crippen LogP contribution is 2.69. The Bertz CT molecular complexity index is 700. The van der Waals surface area contributed by atoms with Gasteiger partial charge in [-0.2, -0.15) is 0 Å². The van der Waals surface area contributed by atoms with E-state index in [9.17, 15) is 9.59 Å². The molecule has 4 aliphatic rings. The second-order valence-electron chi connectivity index (χ2n) is 10.1. The SMILES string of the molecule is CC(=O)OC1CC[C@@]2(C)C(=CC[C@@H]3[C@@H]2CC[C@]2(C)[C@@H](C(C)=O)CC[C@@]32F)C1. The van der Waals surface area contributed by atoms with Crippen LogP contribution in [-0.2, 0) is 14.3 Å². The third kappa shape index (κ3) is 2.57. The Balaban J connectivity index is 1.64. The van der Waals surface area contributed by atoms with Crippen molar-refractivity contribution in [1.82, 2.24) is 0 Å². The van der Waals surface area contributed by atoms with E-state index in [0.29, 0.717) is 18.8 Å². The van der Waals surface area contributed by atoms with Crippen LogP contribution in [0, 0.1) is 28.6 Å². The zero-order chi connectivity index (χ0) is 19.6. The molecule has 0 amide bonds. The van der Waals surface area contributed by atoms with Gasteiger partial charge in [0.2, 0.25) is 0 Å². The van der Waals surface area contributed by atoms with Gasteiger partial charge in [-0.15, -0.1) is 0 Å². The molecular formula is C23H33FO3. The summed E-state index contributed by atoms with van der Waals surface area (Å²) >= 11 is 0. The quantitative estimate of drug-likeness (QED) is 0.493. The number of Topliss-reactive ketones (excluding diaryl/α,β-unsaturated/α-hetero) is 1. The minimum Gasteiger partial charge on any atom is -0.462 e. The molecule has 150 valence electrons. The first-order chi connectivity index (χ1) is 12.6. The molecule has 4 heteroatoms. The van der Waals surface area contributed by atoms with Gasteiger partial charge in [-0.1, -0.05) is 25.5 Å². The number of allylic oxidation sites excluding steroid dienone is 1. The highest BCUT2D eigenvalue weighted by molar-refractivity contribution is 5.80. The molecule has 3 nitrogen and oxygen atoms in total. The maximum absolute atomic E-state index is 16.6. The zero-order valence-electron chi connectivity index (χ0n) is 17.1. The van der Waals surface area contributed by atoms with Crippen LogP contribution in [0.4, 0.5) is 4.39 Å². The Morgan fingerprint density at radius 1 is 1.07 bits per heavy atom. The average molecular weight is 377 g/mol. The Labute approximate surface area is 162 Å². The summed E-state index contributed by atoms with van der Waals surface area (Å²) in [5.41, 5.74) is -0.357. The van der Waals surface area contributed by atoms with Crippen LogP contribution in [0.2, 0.25) is 0 Å². The third-order valence-electron chi connectivity index (χ3n) is 8.99. The first kappa shape index (κ1) is 19.1. The van der Waals surface area contributed by atoms with Gasteiger partial charge in [0.15, 0.2) is 0 Å². The fraction of sp³-hybridized carbons (Fsp3) is 0.826. The summed E-state index contributed by atoms with van der Waals surface area (Å²) in [5, 5.41) is 0. The maximum Gasteiger partial charge on any atom is 0.302 e. The monoisotopic (exact) mass is 376 g/mol. The van der Waals surface area contributed by atoms with Crippen molar-refractivity contribution >= 4 is 11.8 Å². The average Bonchev–Trinajstić information content (AvgIpc) is 2.86. The number of ether oxygens (including phenoxy) is 1. The molecule has 3 fully saturated rings. The van der Waals surface area contributed by atoms with Gasteiger partial charge in [0, 0.05) is 30.6 Å². The molecule has 1 unspecified atom stereocenters. The van der Waals surface area contributed by atoms with Crippen LogP contribution >= 0.6 is 0 Å². The first-order valence-electron chi connectivity index (χ1n) is 10.7. The standard InChI is InChI=1S/C23H33FO3/c1-14(25)18-9-12-23(24)20-6-5-16-13-17(27-15(2)26)7-10-21(16,3)19(20)8-11-22(18,23)4/h5,17-20H,6-13H2,1-4H3/t17?,18-,19+,20-,21+,22-,23-/m1/s1. The smallest absolute Gasteiger partial charge is 0.302 e. The zero-order valence-corrected chi connectivity index (χ0v) is 17.1. The van der Waals surface area contributed by atoms with Crippen molar-refractivity contribution in [1.29, 1.82) is 0 Å². The number of fused-ring (bicyclic) bond motifs is 5. The van der Waals surface area contributed by atoms with E-state index >= 15 is 4.39 Å². The van der Waals surface area contributed by atoms with E-state index in [1.54, 1.807) is 6.92 Å². The van der Waals surface area contributed by atoms with E-state index in [4.69, 9.17) is 4.74 Å². The van der Waals surface area contributed by atoms with E-state index in [2.05, 4.69) is 13.0 Å². The number of halogens is 1. The van der Waals surface area contributed by atoms with Crippen LogP contribution in [0.25, 0.3) is 0 Å². The molecule has 0 aromatic heterocycles. The van der Waals surface area contributed by atoms with E-state index in [1.807, 2.05) is 6.92 Å². The topological polar surface area (TPSA) is 43.4 Å². The largest absolute Gasteiger partial charge is 0.462 e. The lowest BCUT2D eigenvalue weighted by Gasteiger charge is -2.60. The first-order valence-corrected chi connectivity index (χ1v) is 10.7. The Morgan fingerprint density at radius 3 is 2.48 bits per heavy atom. The van der Waals surface area contributed by atoms with E-state index in [-0.39, 0.29) is 35.1 Å². The van der Waals surface area contributed by atoms with E-state index in [0.717, 1.165) is 38.5 Å². The number of ketones is 1. The fourth-order valence-corrected chi connectivity index (χ4v) is 7.53. The van der Waals surface area contributed by atoms with Crippen molar-refractivity contribution in [2.45, 2.75) is 90.8 Å². The van der Waals surface area contributed by atoms with Crippen LogP contribution < -0.4 is 0 Å². The number of esters is 1. The van der Waals surface area contributed by atoms with Crippen LogP contribution in [0.5, 0.6) is 0 Å². The Kier molecular flexibility index (Phi) is 4.36. The summed E-state index contributed by atoms with van der Waals surface area (Å²) in [6.07, 6.45) is 8.66. The van der Waals surface area contributed by atoms with Gasteiger partial charge in [0.1, 0.15) is 17.6 Å². The number of alkyl halides is 1. The van der Waals surface area contributed by atoms with Crippen LogP contribution in [0.1, 0.15) is 79.1 Å². The van der Waals surface area contributed by atoms with Crippen molar-refractivity contribution in [3.8, 4) is 0 Å². The van der Waals surface area contributed by atoms with E-state index < -0.39 is 11.1 Å². The molecule has 0 radical (unpaired) electrons. The normalized spacial score (nSPS) is 48.7. The second kappa shape index (κ2) is 6.15. The van der Waals surface area contributed by atoms with Crippen molar-refractivity contribution in [3.05, 3.63) is 11.6 Å². The Hall–Kier alpha value is -1.19. The van der Waals surface area contributed by atoms with Crippen molar-refractivity contribution < 1.29 is 18.7 Å². The lowest BCUT2D eigenvalue weighted by molar-refractivity contribution is -0.154. The van der Waals surface area contributed by atoms with Crippen LogP contribution in [0.3, 0.4) is 0 Å². The minimum atomic E-state index is -1.23. The highest BCUT2D eigenvalue weighted by atomic mass is 19.1. The predicted molar refractivity (Wildman–Crippen MR) is 102 cm³/mol. The lowest BCUT2D eigenvalue weighted by atomic mass is 9.46. The number of hydrogen-bond donors (Lipinski definition) is 0. The van der Waals surface area contributed by atoms with Gasteiger partial charge in [-0.3, -0.25) is 9.59 Å². The van der Waals surface area contributed by atoms with Crippen molar-refractivity contribution in [2.75, 3.05) is 0 Å². The molecule has 0 aliphatic heterocycles. The maximum atomic E-state index is 16.6. The molecule has 4 aliphatic carbocycles. The summed E-state index contributed by atoms with van der Waals surface area (Å²) in [7, 11) is 0. The number of rotatable bonds is 2. The summed E-state index contributed by atoms with van der Waals surface area (Å²) in [6.45, 7) is 7.47. The van der Waals surface area contributed by atoms with Gasteiger partial charge in [-0.05, 0) is 63.2 Å². The molecule has 0 heterocycles. The van der Waals surface area contributed by atoms with Gasteiger partial charge in [0.05, 0.1) is 0 Å². The third-order valence-corrected chi connectivity index (χ3v) is 8.99. The highest BCUT2D eigenvalue weighted by Gasteiger charge is 2.68. The van der Waals surface area contributed by atoms with Crippen molar-refractivity contribution in [2.24, 2.45) is 28.6 Å². The van der Waals surface area contributed by atoms with Crippen LogP contribution in [-0.4, -0.2) is 23.5 Å². The number of carbonyl (C=O) groups is 2. The number of carbonyl (C=O) groups excluding carboxylic acids is 2. The van der Waals surface area contributed by atoms with Gasteiger partial charge >= 0.3 is 5.97 Å². The number of hydrogen-bond acceptors (Lipinski definition) is 3. The van der Waals surface area contributed by atoms with Gasteiger partial charge < -0.3 is 4.74 Å². The van der Waals surface area contributed by atoms with E-state index in [1.165, 1.54) is 12.5 Å². The van der Waals surface area contributed by atoms with Gasteiger partial charge in [-0.25, -0.2) is 4.39 Å². The van der Waals surface area contributed by atoms with Crippen molar-refractivity contribution in [3.63, 3.8) is 0 Å². The second-order valence-corrected chi connectivity index (χ2v) is 10.1. The summed E-state index contributed by atoms with van der Waals surface area (Å²) in [4.78, 5) is 23.6.